The molecular weight excluding hydrogens is 334 g/mol. The van der Waals surface area contributed by atoms with E-state index in [1.165, 1.54) is 5.39 Å². The molecule has 0 amide bonds. The zero-order valence-electron chi connectivity index (χ0n) is 15.9. The number of allylic oxidation sites excluding steroid dienone is 1. The molecular formula is C24H25NO2. The Morgan fingerprint density at radius 2 is 1.70 bits per heavy atom. The van der Waals surface area contributed by atoms with Gasteiger partial charge in [0, 0.05) is 12.1 Å². The van der Waals surface area contributed by atoms with Gasteiger partial charge in [-0.3, -0.25) is 4.79 Å². The molecule has 3 rings (SSSR count). The topological polar surface area (TPSA) is 29.5 Å². The lowest BCUT2D eigenvalue weighted by Gasteiger charge is -2.10. The normalized spacial score (nSPS) is 11.4. The Morgan fingerprint density at radius 3 is 2.48 bits per heavy atom. The molecule has 3 aromatic carbocycles. The van der Waals surface area contributed by atoms with Gasteiger partial charge in [0.2, 0.25) is 0 Å². The van der Waals surface area contributed by atoms with Crippen molar-refractivity contribution in [1.82, 2.24) is 4.90 Å². The van der Waals surface area contributed by atoms with Gasteiger partial charge in [-0.2, -0.15) is 0 Å². The molecule has 3 aromatic rings. The maximum Gasteiger partial charge on any atom is 0.185 e. The molecule has 0 aromatic heterocycles. The van der Waals surface area contributed by atoms with Gasteiger partial charge in [-0.1, -0.05) is 48.5 Å². The highest BCUT2D eigenvalue weighted by Crippen LogP contribution is 2.20. The molecule has 0 saturated carbocycles. The number of ether oxygens (including phenoxy) is 1. The third kappa shape index (κ3) is 5.28. The molecule has 0 N–H and O–H groups in total. The SMILES string of the molecule is CN(C)CCCOc1ccc(C(=O)/C=C/c2cccc3ccccc23)cc1. The van der Waals surface area contributed by atoms with Crippen molar-refractivity contribution in [1.29, 1.82) is 0 Å². The summed E-state index contributed by atoms with van der Waals surface area (Å²) >= 11 is 0. The van der Waals surface area contributed by atoms with Crippen molar-refractivity contribution in [2.24, 2.45) is 0 Å². The lowest BCUT2D eigenvalue weighted by atomic mass is 10.0. The van der Waals surface area contributed by atoms with Crippen molar-refractivity contribution in [2.45, 2.75) is 6.42 Å². The van der Waals surface area contributed by atoms with Crippen molar-refractivity contribution in [3.63, 3.8) is 0 Å². The van der Waals surface area contributed by atoms with Crippen LogP contribution in [0.2, 0.25) is 0 Å². The zero-order chi connectivity index (χ0) is 19.1. The summed E-state index contributed by atoms with van der Waals surface area (Å²) < 4.78 is 5.71. The molecule has 0 atom stereocenters. The van der Waals surface area contributed by atoms with Gasteiger partial charge in [-0.25, -0.2) is 0 Å². The number of hydrogen-bond acceptors (Lipinski definition) is 3. The standard InChI is InChI=1S/C24H25NO2/c1-25(2)17-6-18-27-22-14-11-21(12-15-22)24(26)16-13-20-9-5-8-19-7-3-4-10-23(19)20/h3-5,7-16H,6,17-18H2,1-2H3/b16-13+. The van der Waals surface area contributed by atoms with E-state index in [4.69, 9.17) is 4.74 Å². The van der Waals surface area contributed by atoms with E-state index < -0.39 is 0 Å². The van der Waals surface area contributed by atoms with Gasteiger partial charge in [-0.15, -0.1) is 0 Å². The summed E-state index contributed by atoms with van der Waals surface area (Å²) in [5.41, 5.74) is 1.70. The molecule has 3 nitrogen and oxygen atoms in total. The number of benzene rings is 3. The van der Waals surface area contributed by atoms with Crippen molar-refractivity contribution in [2.75, 3.05) is 27.2 Å². The maximum absolute atomic E-state index is 12.5. The second-order valence-corrected chi connectivity index (χ2v) is 6.80. The van der Waals surface area contributed by atoms with Crippen LogP contribution in [0.25, 0.3) is 16.8 Å². The molecule has 0 spiro atoms. The van der Waals surface area contributed by atoms with Crippen LogP contribution in [-0.4, -0.2) is 37.9 Å². The summed E-state index contributed by atoms with van der Waals surface area (Å²) in [6, 6.07) is 21.6. The summed E-state index contributed by atoms with van der Waals surface area (Å²) in [6.07, 6.45) is 4.49. The molecule has 0 unspecified atom stereocenters. The van der Waals surface area contributed by atoms with Crippen LogP contribution in [0.4, 0.5) is 0 Å². The Hall–Kier alpha value is -2.91. The first-order chi connectivity index (χ1) is 13.1. The minimum absolute atomic E-state index is 0.0120. The minimum atomic E-state index is -0.0120. The van der Waals surface area contributed by atoms with E-state index in [-0.39, 0.29) is 5.78 Å². The van der Waals surface area contributed by atoms with E-state index in [0.717, 1.165) is 29.7 Å². The predicted molar refractivity (Wildman–Crippen MR) is 112 cm³/mol. The van der Waals surface area contributed by atoms with E-state index in [1.807, 2.05) is 68.7 Å². The van der Waals surface area contributed by atoms with Crippen LogP contribution in [0.3, 0.4) is 0 Å². The van der Waals surface area contributed by atoms with Gasteiger partial charge in [0.05, 0.1) is 6.61 Å². The van der Waals surface area contributed by atoms with Gasteiger partial charge in [0.15, 0.2) is 5.78 Å². The predicted octanol–water partition coefficient (Wildman–Crippen LogP) is 5.07. The van der Waals surface area contributed by atoms with Crippen LogP contribution in [-0.2, 0) is 0 Å². The summed E-state index contributed by atoms with van der Waals surface area (Å²) in [4.78, 5) is 14.6. The molecule has 0 heterocycles. The molecule has 0 bridgehead atoms. The largest absolute Gasteiger partial charge is 0.494 e. The van der Waals surface area contributed by atoms with E-state index in [9.17, 15) is 4.79 Å². The first-order valence-corrected chi connectivity index (χ1v) is 9.21. The molecule has 0 fully saturated rings. The van der Waals surface area contributed by atoms with E-state index in [1.54, 1.807) is 6.08 Å². The van der Waals surface area contributed by atoms with Crippen molar-refractivity contribution < 1.29 is 9.53 Å². The number of ketones is 1. The van der Waals surface area contributed by atoms with Gasteiger partial charge in [0.1, 0.15) is 5.75 Å². The molecule has 0 radical (unpaired) electrons. The Morgan fingerprint density at radius 1 is 0.963 bits per heavy atom. The molecule has 0 aliphatic carbocycles. The van der Waals surface area contributed by atoms with Crippen molar-refractivity contribution in [3.8, 4) is 5.75 Å². The Labute approximate surface area is 160 Å². The maximum atomic E-state index is 12.5. The van der Waals surface area contributed by atoms with Crippen LogP contribution in [0.1, 0.15) is 22.3 Å². The smallest absolute Gasteiger partial charge is 0.185 e. The lowest BCUT2D eigenvalue weighted by Crippen LogP contribution is -2.15. The average Bonchev–Trinajstić information content (AvgIpc) is 2.69. The van der Waals surface area contributed by atoms with Crippen LogP contribution in [0.15, 0.2) is 72.8 Å². The highest BCUT2D eigenvalue weighted by molar-refractivity contribution is 6.07. The van der Waals surface area contributed by atoms with Crippen LogP contribution in [0, 0.1) is 0 Å². The lowest BCUT2D eigenvalue weighted by molar-refractivity contribution is 0.104. The van der Waals surface area contributed by atoms with Crippen LogP contribution < -0.4 is 4.74 Å². The van der Waals surface area contributed by atoms with Gasteiger partial charge in [-0.05, 0) is 67.2 Å². The van der Waals surface area contributed by atoms with Crippen molar-refractivity contribution in [3.05, 3.63) is 83.9 Å². The fourth-order valence-corrected chi connectivity index (χ4v) is 2.94. The first-order valence-electron chi connectivity index (χ1n) is 9.21. The minimum Gasteiger partial charge on any atom is -0.494 e. The van der Waals surface area contributed by atoms with Gasteiger partial charge < -0.3 is 9.64 Å². The molecule has 0 aliphatic heterocycles. The molecule has 0 saturated heterocycles. The number of carbonyl (C=O) groups excluding carboxylic acids is 1. The third-order valence-electron chi connectivity index (χ3n) is 4.39. The number of rotatable bonds is 8. The third-order valence-corrected chi connectivity index (χ3v) is 4.39. The fourth-order valence-electron chi connectivity index (χ4n) is 2.94. The van der Waals surface area contributed by atoms with Crippen LogP contribution in [0.5, 0.6) is 5.75 Å². The Kier molecular flexibility index (Phi) is 6.39. The number of nitrogens with zero attached hydrogens (tertiary/aromatic N) is 1. The summed E-state index contributed by atoms with van der Waals surface area (Å²) in [6.45, 7) is 1.67. The molecule has 0 aliphatic rings. The van der Waals surface area contributed by atoms with Gasteiger partial charge >= 0.3 is 0 Å². The second kappa shape index (κ2) is 9.15. The van der Waals surface area contributed by atoms with Gasteiger partial charge in [0.25, 0.3) is 0 Å². The second-order valence-electron chi connectivity index (χ2n) is 6.80. The highest BCUT2D eigenvalue weighted by Gasteiger charge is 2.03. The number of fused-ring (bicyclic) bond motifs is 1. The Bertz CT molecular complexity index is 921. The highest BCUT2D eigenvalue weighted by atomic mass is 16.5. The number of carbonyl (C=O) groups is 1. The number of hydrogen-bond donors (Lipinski definition) is 0. The van der Waals surface area contributed by atoms with E-state index in [2.05, 4.69) is 23.1 Å². The summed E-state index contributed by atoms with van der Waals surface area (Å²) in [5.74, 6) is 0.783. The summed E-state index contributed by atoms with van der Waals surface area (Å²) in [7, 11) is 4.10. The van der Waals surface area contributed by atoms with Crippen molar-refractivity contribution >= 4 is 22.6 Å². The molecule has 138 valence electrons. The average molecular weight is 359 g/mol. The molecule has 27 heavy (non-hydrogen) atoms. The van der Waals surface area contributed by atoms with E-state index in [0.29, 0.717) is 12.2 Å². The van der Waals surface area contributed by atoms with E-state index >= 15 is 0 Å². The fraction of sp³-hybridized carbons (Fsp3) is 0.208. The van der Waals surface area contributed by atoms with Crippen LogP contribution >= 0.6 is 0 Å². The monoisotopic (exact) mass is 359 g/mol. The Balaban J connectivity index is 1.63. The quantitative estimate of drug-likeness (QED) is 0.320. The zero-order valence-corrected chi connectivity index (χ0v) is 15.9. The molecule has 3 heteroatoms. The first kappa shape index (κ1) is 18.9. The summed E-state index contributed by atoms with van der Waals surface area (Å²) in [5, 5.41) is 2.31.